The monoisotopic (exact) mass is 301 g/mol. The van der Waals surface area contributed by atoms with Gasteiger partial charge in [-0.15, -0.1) is 0 Å². The van der Waals surface area contributed by atoms with Crippen LogP contribution in [0.1, 0.15) is 0 Å². The Morgan fingerprint density at radius 1 is 1.38 bits per heavy atom. The van der Waals surface area contributed by atoms with E-state index < -0.39 is 53.5 Å². The molecule has 0 amide bonds. The van der Waals surface area contributed by atoms with Crippen LogP contribution in [0.15, 0.2) is 0 Å². The van der Waals surface area contributed by atoms with Crippen molar-refractivity contribution in [3.63, 3.8) is 0 Å². The molecule has 1 aliphatic rings. The SMILES string of the molecule is OCC(O)C(O)C(O)C1C[O][Sb][O]1. The average molecular weight is 302 g/mol. The van der Waals surface area contributed by atoms with Crippen LogP contribution in [0.2, 0.25) is 0 Å². The summed E-state index contributed by atoms with van der Waals surface area (Å²) in [4.78, 5) is 0. The van der Waals surface area contributed by atoms with Crippen LogP contribution in [0.25, 0.3) is 0 Å². The van der Waals surface area contributed by atoms with Gasteiger partial charge in [0.15, 0.2) is 0 Å². The molecule has 0 aliphatic carbocycles. The van der Waals surface area contributed by atoms with Gasteiger partial charge in [0.2, 0.25) is 0 Å². The van der Waals surface area contributed by atoms with Gasteiger partial charge in [0.05, 0.1) is 0 Å². The van der Waals surface area contributed by atoms with Crippen LogP contribution in [-0.2, 0) is 6.03 Å². The van der Waals surface area contributed by atoms with Crippen LogP contribution < -0.4 is 0 Å². The summed E-state index contributed by atoms with van der Waals surface area (Å²) >= 11 is -1.11. The van der Waals surface area contributed by atoms with Gasteiger partial charge in [-0.1, -0.05) is 0 Å². The Kier molecular flexibility index (Phi) is 4.89. The second-order valence-electron chi connectivity index (χ2n) is 2.75. The maximum atomic E-state index is 9.42. The standard InChI is InChI=1S/C6H12O6.Sb/c7-1-3(9)5(11)6(12)4(10)2-8;/h3-7,9,11-12H,1-2H2;/q-2;+2. The zero-order valence-electron chi connectivity index (χ0n) is 6.78. The first-order valence-corrected chi connectivity index (χ1v) is 5.88. The topological polar surface area (TPSA) is 99.4 Å². The van der Waals surface area contributed by atoms with E-state index >= 15 is 0 Å². The molecule has 4 N–H and O–H groups in total. The van der Waals surface area contributed by atoms with Gasteiger partial charge < -0.3 is 0 Å². The average Bonchev–Trinajstić information content (AvgIpc) is 2.67. The Hall–Kier alpha value is 0.578. The number of aliphatic hydroxyl groups excluding tert-OH is 4. The van der Waals surface area contributed by atoms with Gasteiger partial charge in [-0.2, -0.15) is 0 Å². The van der Waals surface area contributed by atoms with Crippen molar-refractivity contribution in [2.24, 2.45) is 0 Å². The fourth-order valence-corrected chi connectivity index (χ4v) is 2.55. The molecule has 0 aromatic heterocycles. The van der Waals surface area contributed by atoms with Gasteiger partial charge in [0.1, 0.15) is 0 Å². The second-order valence-corrected chi connectivity index (χ2v) is 4.51. The molecule has 1 heterocycles. The molecule has 13 heavy (non-hydrogen) atoms. The van der Waals surface area contributed by atoms with Crippen LogP contribution >= 0.6 is 0 Å². The fraction of sp³-hybridized carbons (Fsp3) is 1.00. The Labute approximate surface area is 86.7 Å². The van der Waals surface area contributed by atoms with E-state index in [0.29, 0.717) is 0 Å². The van der Waals surface area contributed by atoms with Crippen LogP contribution in [0.3, 0.4) is 0 Å². The molecule has 0 spiro atoms. The summed E-state index contributed by atoms with van der Waals surface area (Å²) in [6.07, 6.45) is -4.52. The number of hydrogen-bond acceptors (Lipinski definition) is 6. The third-order valence-electron chi connectivity index (χ3n) is 1.78. The number of hydrogen-bond donors (Lipinski definition) is 4. The molecule has 0 aromatic rings. The fourth-order valence-electron chi connectivity index (χ4n) is 0.936. The van der Waals surface area contributed by atoms with Crippen molar-refractivity contribution in [3.8, 4) is 0 Å². The molecule has 1 fully saturated rings. The van der Waals surface area contributed by atoms with E-state index in [0.717, 1.165) is 0 Å². The summed E-state index contributed by atoms with van der Waals surface area (Å²) in [5, 5.41) is 36.2. The molecule has 0 aromatic carbocycles. The molecule has 1 aliphatic heterocycles. The van der Waals surface area contributed by atoms with Crippen LogP contribution in [0, 0.1) is 0 Å². The molecule has 0 bridgehead atoms. The molecule has 0 saturated carbocycles. The van der Waals surface area contributed by atoms with Crippen molar-refractivity contribution < 1.29 is 26.5 Å². The van der Waals surface area contributed by atoms with Gasteiger partial charge in [-0.3, -0.25) is 0 Å². The van der Waals surface area contributed by atoms with E-state index in [2.05, 4.69) is 0 Å². The van der Waals surface area contributed by atoms with Crippen LogP contribution in [0.5, 0.6) is 0 Å². The Balaban J connectivity index is 2.40. The van der Waals surface area contributed by atoms with Crippen LogP contribution in [-0.4, -0.2) is 80.5 Å². The van der Waals surface area contributed by atoms with Crippen molar-refractivity contribution >= 4 is 22.5 Å². The van der Waals surface area contributed by atoms with Crippen molar-refractivity contribution in [3.05, 3.63) is 0 Å². The van der Waals surface area contributed by atoms with Gasteiger partial charge in [0.25, 0.3) is 0 Å². The summed E-state index contributed by atoms with van der Waals surface area (Å²) in [5.74, 6) is 0. The molecule has 1 saturated heterocycles. The van der Waals surface area contributed by atoms with Gasteiger partial charge in [-0.05, 0) is 0 Å². The van der Waals surface area contributed by atoms with Crippen molar-refractivity contribution in [1.82, 2.24) is 0 Å². The molecule has 1 radical (unpaired) electrons. The summed E-state index contributed by atoms with van der Waals surface area (Å²) in [6.45, 7) is -0.349. The van der Waals surface area contributed by atoms with Crippen molar-refractivity contribution in [2.75, 3.05) is 13.2 Å². The van der Waals surface area contributed by atoms with Crippen molar-refractivity contribution in [2.45, 2.75) is 24.4 Å². The molecule has 77 valence electrons. The predicted molar refractivity (Wildman–Crippen MR) is 41.7 cm³/mol. The first kappa shape index (κ1) is 11.7. The number of rotatable bonds is 4. The molecule has 4 atom stereocenters. The van der Waals surface area contributed by atoms with Crippen molar-refractivity contribution in [1.29, 1.82) is 0 Å². The summed E-state index contributed by atoms with van der Waals surface area (Å²) in [5.41, 5.74) is 0. The van der Waals surface area contributed by atoms with E-state index in [-0.39, 0.29) is 6.61 Å². The maximum absolute atomic E-state index is 9.42. The molecular formula is C6H12O6Sb. The van der Waals surface area contributed by atoms with E-state index in [9.17, 15) is 10.2 Å². The number of aliphatic hydroxyl groups is 4. The summed E-state index contributed by atoms with van der Waals surface area (Å²) < 4.78 is 10.0. The van der Waals surface area contributed by atoms with Gasteiger partial charge in [-0.25, -0.2) is 0 Å². The minimum absolute atomic E-state index is 0.244. The minimum atomic E-state index is -1.40. The Morgan fingerprint density at radius 2 is 2.08 bits per heavy atom. The summed E-state index contributed by atoms with van der Waals surface area (Å²) in [7, 11) is 0. The Morgan fingerprint density at radius 3 is 2.54 bits per heavy atom. The summed E-state index contributed by atoms with van der Waals surface area (Å²) in [6, 6.07) is 0. The Bertz CT molecular complexity index is 150. The van der Waals surface area contributed by atoms with E-state index in [4.69, 9.17) is 16.2 Å². The second kappa shape index (κ2) is 5.46. The molecule has 1 rings (SSSR count). The predicted octanol–water partition coefficient (Wildman–Crippen LogP) is -2.99. The third-order valence-corrected chi connectivity index (χ3v) is 3.53. The quantitative estimate of drug-likeness (QED) is 0.413. The van der Waals surface area contributed by atoms with E-state index in [1.807, 2.05) is 0 Å². The van der Waals surface area contributed by atoms with Gasteiger partial charge >= 0.3 is 86.5 Å². The van der Waals surface area contributed by atoms with E-state index in [1.165, 1.54) is 0 Å². The molecule has 6 nitrogen and oxygen atoms in total. The van der Waals surface area contributed by atoms with Crippen LogP contribution in [0.4, 0.5) is 0 Å². The first-order valence-electron chi connectivity index (χ1n) is 3.80. The zero-order chi connectivity index (χ0) is 9.84. The zero-order valence-corrected chi connectivity index (χ0v) is 9.33. The van der Waals surface area contributed by atoms with Gasteiger partial charge in [0, 0.05) is 0 Å². The van der Waals surface area contributed by atoms with E-state index in [1.54, 1.807) is 0 Å². The normalized spacial score (nSPS) is 30.0. The third kappa shape index (κ3) is 3.02. The molecular weight excluding hydrogens is 290 g/mol. The molecule has 7 heteroatoms. The molecule has 4 unspecified atom stereocenters. The first-order chi connectivity index (χ1) is 6.16.